The lowest BCUT2D eigenvalue weighted by Gasteiger charge is -2.22. The van der Waals surface area contributed by atoms with E-state index in [0.29, 0.717) is 16.7 Å². The third-order valence-corrected chi connectivity index (χ3v) is 6.15. The molecule has 29 heavy (non-hydrogen) atoms. The van der Waals surface area contributed by atoms with Crippen LogP contribution in [0.15, 0.2) is 69.6 Å². The third kappa shape index (κ3) is 4.61. The molecular weight excluding hydrogens is 405 g/mol. The van der Waals surface area contributed by atoms with Crippen molar-refractivity contribution in [1.82, 2.24) is 15.2 Å². The summed E-state index contributed by atoms with van der Waals surface area (Å²) < 4.78 is 6.16. The Balaban J connectivity index is 1.49. The highest BCUT2D eigenvalue weighted by Gasteiger charge is 2.27. The Kier molecular flexibility index (Phi) is 6.43. The van der Waals surface area contributed by atoms with Crippen LogP contribution in [-0.2, 0) is 0 Å². The molecule has 0 unspecified atom stereocenters. The normalized spacial score (nSPS) is 19.4. The predicted molar refractivity (Wildman–Crippen MR) is 120 cm³/mol. The molecule has 0 fully saturated rings. The fourth-order valence-corrected chi connectivity index (χ4v) is 4.20. The minimum Gasteiger partial charge on any atom is -0.491 e. The zero-order valence-electron chi connectivity index (χ0n) is 16.5. The average Bonchev–Trinajstić information content (AvgIpc) is 2.89. The Bertz CT molecular complexity index is 987. The molecule has 6 heteroatoms. The minimum atomic E-state index is 0.619. The Morgan fingerprint density at radius 3 is 2.97 bits per heavy atom. The topological polar surface area (TPSA) is 37.4 Å². The van der Waals surface area contributed by atoms with Gasteiger partial charge in [0.2, 0.25) is 0 Å². The fraction of sp³-hybridized carbons (Fsp3) is 0.348. The van der Waals surface area contributed by atoms with Gasteiger partial charge in [-0.3, -0.25) is 4.98 Å². The molecule has 0 bridgehead atoms. The van der Waals surface area contributed by atoms with Crippen LogP contribution < -0.4 is 10.1 Å². The van der Waals surface area contributed by atoms with Crippen molar-refractivity contribution >= 4 is 34.0 Å². The summed E-state index contributed by atoms with van der Waals surface area (Å²) in [7, 11) is 0. The second-order valence-electron chi connectivity index (χ2n) is 7.35. The first-order valence-corrected chi connectivity index (χ1v) is 10.7. The molecule has 4 rings (SSSR count). The van der Waals surface area contributed by atoms with Gasteiger partial charge >= 0.3 is 0 Å². The Morgan fingerprint density at radius 2 is 2.10 bits per heavy atom. The summed E-state index contributed by atoms with van der Waals surface area (Å²) >= 11 is 12.4. The summed E-state index contributed by atoms with van der Waals surface area (Å²) in [6, 6.07) is 8.09. The van der Waals surface area contributed by atoms with Crippen LogP contribution in [0.4, 0.5) is 0 Å². The molecule has 1 aromatic heterocycles. The molecule has 4 nitrogen and oxygen atoms in total. The molecule has 1 aromatic carbocycles. The van der Waals surface area contributed by atoms with Gasteiger partial charge in [0.15, 0.2) is 0 Å². The number of rotatable bonds is 5. The molecule has 2 aliphatic rings. The van der Waals surface area contributed by atoms with Gasteiger partial charge < -0.3 is 15.0 Å². The number of benzene rings is 1. The molecule has 0 atom stereocenters. The first-order chi connectivity index (χ1) is 14.1. The first kappa shape index (κ1) is 20.3. The van der Waals surface area contributed by atoms with E-state index >= 15 is 0 Å². The summed E-state index contributed by atoms with van der Waals surface area (Å²) in [5.74, 6) is 0.903. The molecule has 0 radical (unpaired) electrons. The van der Waals surface area contributed by atoms with E-state index in [0.717, 1.165) is 55.5 Å². The molecule has 3 heterocycles. The van der Waals surface area contributed by atoms with Crippen molar-refractivity contribution < 1.29 is 4.74 Å². The van der Waals surface area contributed by atoms with E-state index in [1.54, 1.807) is 6.20 Å². The van der Waals surface area contributed by atoms with Crippen LogP contribution in [-0.4, -0.2) is 42.7 Å². The van der Waals surface area contributed by atoms with Gasteiger partial charge in [-0.1, -0.05) is 35.3 Å². The van der Waals surface area contributed by atoms with E-state index in [1.165, 1.54) is 16.8 Å². The number of nitrogens with zero attached hydrogens (tertiary/aromatic N) is 2. The van der Waals surface area contributed by atoms with Gasteiger partial charge in [-0.15, -0.1) is 0 Å². The fourth-order valence-electron chi connectivity index (χ4n) is 4.02. The van der Waals surface area contributed by atoms with Gasteiger partial charge in [0, 0.05) is 53.4 Å². The highest BCUT2D eigenvalue weighted by atomic mass is 35.5. The number of ether oxygens (including phenoxy) is 1. The highest BCUT2D eigenvalue weighted by Crippen LogP contribution is 2.35. The van der Waals surface area contributed by atoms with Crippen molar-refractivity contribution in [3.63, 3.8) is 0 Å². The summed E-state index contributed by atoms with van der Waals surface area (Å²) in [6.45, 7) is 6.12. The Hall–Kier alpha value is -2.01. The number of allylic oxidation sites excluding steroid dienone is 3. The van der Waals surface area contributed by atoms with Crippen LogP contribution in [0.5, 0.6) is 5.75 Å². The van der Waals surface area contributed by atoms with Crippen LogP contribution in [0.3, 0.4) is 0 Å². The second-order valence-corrected chi connectivity index (χ2v) is 8.32. The molecule has 1 N–H and O–H groups in total. The molecule has 0 saturated heterocycles. The van der Waals surface area contributed by atoms with Crippen LogP contribution in [0, 0.1) is 0 Å². The molecule has 2 aliphatic heterocycles. The maximum atomic E-state index is 6.34. The van der Waals surface area contributed by atoms with Gasteiger partial charge in [-0.25, -0.2) is 0 Å². The lowest BCUT2D eigenvalue weighted by molar-refractivity contribution is 0.256. The molecule has 2 aromatic rings. The van der Waals surface area contributed by atoms with Crippen molar-refractivity contribution in [3.8, 4) is 5.75 Å². The van der Waals surface area contributed by atoms with Crippen molar-refractivity contribution in [2.24, 2.45) is 0 Å². The van der Waals surface area contributed by atoms with E-state index < -0.39 is 0 Å². The second kappa shape index (κ2) is 9.21. The lowest BCUT2D eigenvalue weighted by Crippen LogP contribution is -2.27. The maximum absolute atomic E-state index is 6.34. The number of pyridine rings is 1. The molecule has 0 saturated carbocycles. The number of hydrogen-bond acceptors (Lipinski definition) is 4. The summed E-state index contributed by atoms with van der Waals surface area (Å²) in [4.78, 5) is 6.61. The number of halogens is 2. The Morgan fingerprint density at radius 1 is 1.24 bits per heavy atom. The standard InChI is InChI=1S/C23H25Cl2N3O/c1-16(24)21(25)13-18-15-28(22-7-10-26-8-5-19(18)22)11-12-29-23-4-2-3-17-14-27-9-6-20(17)23/h2-4,6,9,13-14,26H,5,7-8,10-12,15H2,1H3/b18-13+,21-16-. The smallest absolute Gasteiger partial charge is 0.127 e. The first-order valence-electron chi connectivity index (χ1n) is 9.99. The minimum absolute atomic E-state index is 0.619. The Labute approximate surface area is 181 Å². The largest absolute Gasteiger partial charge is 0.491 e. The summed E-state index contributed by atoms with van der Waals surface area (Å²) in [6.07, 6.45) is 7.74. The van der Waals surface area contributed by atoms with Crippen molar-refractivity contribution in [2.75, 3.05) is 32.8 Å². The van der Waals surface area contributed by atoms with Crippen LogP contribution in [0.1, 0.15) is 19.8 Å². The molecule has 0 amide bonds. The molecular formula is C23H25Cl2N3O. The number of hydrogen-bond donors (Lipinski definition) is 1. The van der Waals surface area contributed by atoms with Gasteiger partial charge in [-0.05, 0) is 49.2 Å². The van der Waals surface area contributed by atoms with Gasteiger partial charge in [0.1, 0.15) is 12.4 Å². The van der Waals surface area contributed by atoms with Gasteiger partial charge in [0.05, 0.1) is 11.6 Å². The third-order valence-electron chi connectivity index (χ3n) is 5.46. The van der Waals surface area contributed by atoms with E-state index in [2.05, 4.69) is 21.3 Å². The molecule has 0 spiro atoms. The number of fused-ring (bicyclic) bond motifs is 1. The van der Waals surface area contributed by atoms with Crippen molar-refractivity contribution in [3.05, 3.63) is 69.6 Å². The number of nitrogens with one attached hydrogen (secondary N) is 1. The zero-order valence-corrected chi connectivity index (χ0v) is 18.1. The quantitative estimate of drug-likeness (QED) is 0.708. The predicted octanol–water partition coefficient (Wildman–Crippen LogP) is 5.20. The van der Waals surface area contributed by atoms with Crippen LogP contribution in [0.25, 0.3) is 10.8 Å². The zero-order chi connectivity index (χ0) is 20.2. The van der Waals surface area contributed by atoms with Gasteiger partial charge in [-0.2, -0.15) is 0 Å². The average molecular weight is 430 g/mol. The maximum Gasteiger partial charge on any atom is 0.127 e. The van der Waals surface area contributed by atoms with Crippen molar-refractivity contribution in [2.45, 2.75) is 19.8 Å². The monoisotopic (exact) mass is 429 g/mol. The molecule has 0 aliphatic carbocycles. The van der Waals surface area contributed by atoms with Crippen LogP contribution >= 0.6 is 23.2 Å². The van der Waals surface area contributed by atoms with Crippen LogP contribution in [0.2, 0.25) is 0 Å². The van der Waals surface area contributed by atoms with E-state index in [4.69, 9.17) is 27.9 Å². The van der Waals surface area contributed by atoms with E-state index in [1.807, 2.05) is 37.4 Å². The van der Waals surface area contributed by atoms with E-state index in [9.17, 15) is 0 Å². The summed E-state index contributed by atoms with van der Waals surface area (Å²) in [5.41, 5.74) is 4.08. The SMILES string of the molecule is C/C(Cl)=C(Cl)\C=C1/CN(CCOc2cccc3cnccc23)C2=C1CCNCC2. The van der Waals surface area contributed by atoms with Crippen molar-refractivity contribution in [1.29, 1.82) is 0 Å². The van der Waals surface area contributed by atoms with Gasteiger partial charge in [0.25, 0.3) is 0 Å². The highest BCUT2D eigenvalue weighted by molar-refractivity contribution is 6.40. The lowest BCUT2D eigenvalue weighted by atomic mass is 10.0. The summed E-state index contributed by atoms with van der Waals surface area (Å²) in [5, 5.41) is 6.92. The number of aromatic nitrogens is 1. The van der Waals surface area contributed by atoms with E-state index in [-0.39, 0.29) is 0 Å². The molecule has 152 valence electrons.